The van der Waals surface area contributed by atoms with E-state index in [2.05, 4.69) is 32.2 Å². The molecule has 194 valence electrons. The summed E-state index contributed by atoms with van der Waals surface area (Å²) >= 11 is 1.16. The number of non-ortho nitro benzene ring substituents is 1. The van der Waals surface area contributed by atoms with Gasteiger partial charge in [-0.25, -0.2) is 0 Å². The highest BCUT2D eigenvalue weighted by atomic mass is 32.1. The molecular formula is C26H24N6O5S. The SMILES string of the molecule is CC(=O)c1c(N)c2c(N3CCN(c4ccccc4)CC3)sc(C(=O)Nc3cccc([N+](=O)[O-])c3)c2[nH]c1=O. The average molecular weight is 533 g/mol. The number of nitrogens with zero attached hydrogens (tertiary/aromatic N) is 3. The molecule has 0 aliphatic carbocycles. The zero-order chi connectivity index (χ0) is 27.0. The molecule has 0 spiro atoms. The number of hydrogen-bond acceptors (Lipinski definition) is 9. The summed E-state index contributed by atoms with van der Waals surface area (Å²) < 4.78 is 0. The van der Waals surface area contributed by atoms with Crippen LogP contribution < -0.4 is 26.4 Å². The summed E-state index contributed by atoms with van der Waals surface area (Å²) in [5.41, 5.74) is 7.00. The maximum absolute atomic E-state index is 13.4. The highest BCUT2D eigenvalue weighted by molar-refractivity contribution is 7.20. The average Bonchev–Trinajstić information content (AvgIpc) is 3.29. The fourth-order valence-corrected chi connectivity index (χ4v) is 5.85. The van der Waals surface area contributed by atoms with E-state index in [9.17, 15) is 24.5 Å². The van der Waals surface area contributed by atoms with Gasteiger partial charge in [0.1, 0.15) is 15.4 Å². The summed E-state index contributed by atoms with van der Waals surface area (Å²) in [5.74, 6) is -1.03. The van der Waals surface area contributed by atoms with Crippen molar-refractivity contribution in [2.24, 2.45) is 0 Å². The molecule has 5 rings (SSSR count). The van der Waals surface area contributed by atoms with Crippen LogP contribution in [0.2, 0.25) is 0 Å². The van der Waals surface area contributed by atoms with Gasteiger partial charge >= 0.3 is 0 Å². The number of nitrogens with one attached hydrogen (secondary N) is 2. The lowest BCUT2D eigenvalue weighted by Crippen LogP contribution is -2.46. The molecule has 2 aromatic carbocycles. The molecule has 1 amide bonds. The molecule has 11 nitrogen and oxygen atoms in total. The minimum absolute atomic E-state index is 0.0300. The largest absolute Gasteiger partial charge is 0.397 e. The van der Waals surface area contributed by atoms with Crippen molar-refractivity contribution in [3.05, 3.63) is 85.5 Å². The van der Waals surface area contributed by atoms with E-state index >= 15 is 0 Å². The third-order valence-corrected chi connectivity index (χ3v) is 7.70. The molecule has 0 atom stereocenters. The number of nitrogen functional groups attached to an aromatic ring is 1. The molecule has 12 heteroatoms. The first-order valence-electron chi connectivity index (χ1n) is 11.8. The van der Waals surface area contributed by atoms with Crippen LogP contribution in [0.4, 0.5) is 27.8 Å². The molecular weight excluding hydrogens is 508 g/mol. The number of carbonyl (C=O) groups excluding carboxylic acids is 2. The van der Waals surface area contributed by atoms with Gasteiger partial charge in [0.25, 0.3) is 17.2 Å². The number of pyridine rings is 1. The number of carbonyl (C=O) groups is 2. The van der Waals surface area contributed by atoms with Crippen molar-refractivity contribution in [3.8, 4) is 0 Å². The van der Waals surface area contributed by atoms with Crippen LogP contribution in [-0.2, 0) is 0 Å². The number of H-pyrrole nitrogens is 1. The molecule has 0 unspecified atom stereocenters. The number of fused-ring (bicyclic) bond motifs is 1. The molecule has 4 N–H and O–H groups in total. The van der Waals surface area contributed by atoms with E-state index in [-0.39, 0.29) is 33.0 Å². The number of anilines is 4. The maximum Gasteiger partial charge on any atom is 0.271 e. The molecule has 38 heavy (non-hydrogen) atoms. The number of amides is 1. The predicted octanol–water partition coefficient (Wildman–Crippen LogP) is 3.86. The van der Waals surface area contributed by atoms with Crippen molar-refractivity contribution >= 4 is 61.7 Å². The third-order valence-electron chi connectivity index (χ3n) is 6.46. The first-order valence-corrected chi connectivity index (χ1v) is 12.7. The Labute approximate surface area is 220 Å². The lowest BCUT2D eigenvalue weighted by atomic mass is 10.1. The van der Waals surface area contributed by atoms with Crippen molar-refractivity contribution in [1.29, 1.82) is 0 Å². The fourth-order valence-electron chi connectivity index (χ4n) is 4.64. The minimum atomic E-state index is -0.676. The number of hydrogen-bond donors (Lipinski definition) is 3. The van der Waals surface area contributed by atoms with E-state index < -0.39 is 22.2 Å². The van der Waals surface area contributed by atoms with E-state index in [1.54, 1.807) is 0 Å². The second-order valence-electron chi connectivity index (χ2n) is 8.86. The molecule has 1 aliphatic rings. The number of benzene rings is 2. The molecule has 1 saturated heterocycles. The highest BCUT2D eigenvalue weighted by Crippen LogP contribution is 2.42. The van der Waals surface area contributed by atoms with Gasteiger partial charge in [-0.2, -0.15) is 0 Å². The lowest BCUT2D eigenvalue weighted by Gasteiger charge is -2.37. The number of ketones is 1. The van der Waals surface area contributed by atoms with Crippen LogP contribution in [0.15, 0.2) is 59.4 Å². The van der Waals surface area contributed by atoms with Crippen molar-refractivity contribution < 1.29 is 14.5 Å². The number of thiophene rings is 1. The van der Waals surface area contributed by atoms with Crippen molar-refractivity contribution in [2.75, 3.05) is 47.0 Å². The summed E-state index contributed by atoms with van der Waals surface area (Å²) in [5, 5.41) is 14.9. The zero-order valence-corrected chi connectivity index (χ0v) is 21.2. The monoisotopic (exact) mass is 532 g/mol. The third kappa shape index (κ3) is 4.57. The van der Waals surface area contributed by atoms with Crippen LogP contribution in [0.1, 0.15) is 27.0 Å². The Morgan fingerprint density at radius 2 is 1.74 bits per heavy atom. The van der Waals surface area contributed by atoms with Gasteiger partial charge in [0.2, 0.25) is 0 Å². The Hall–Kier alpha value is -4.71. The van der Waals surface area contributed by atoms with E-state index in [0.717, 1.165) is 30.1 Å². The van der Waals surface area contributed by atoms with E-state index in [1.165, 1.54) is 31.2 Å². The predicted molar refractivity (Wildman–Crippen MR) is 149 cm³/mol. The highest BCUT2D eigenvalue weighted by Gasteiger charge is 2.28. The number of piperazine rings is 1. The molecule has 0 saturated carbocycles. The number of Topliss-reactive ketones (excluding diaryl/α,β-unsaturated/α-hetero) is 1. The van der Waals surface area contributed by atoms with Crippen molar-refractivity contribution in [1.82, 2.24) is 4.98 Å². The number of nitrogens with two attached hydrogens (primary N) is 1. The van der Waals surface area contributed by atoms with Crippen molar-refractivity contribution in [2.45, 2.75) is 6.92 Å². The molecule has 2 aromatic heterocycles. The van der Waals surface area contributed by atoms with E-state index in [1.807, 2.05) is 18.2 Å². The Morgan fingerprint density at radius 1 is 1.05 bits per heavy atom. The van der Waals surface area contributed by atoms with Crippen molar-refractivity contribution in [3.63, 3.8) is 0 Å². The topological polar surface area (TPSA) is 155 Å². The Kier molecular flexibility index (Phi) is 6.55. The van der Waals surface area contributed by atoms with Crippen LogP contribution in [0.25, 0.3) is 10.9 Å². The Morgan fingerprint density at radius 3 is 2.39 bits per heavy atom. The first kappa shape index (κ1) is 25.0. The maximum atomic E-state index is 13.4. The molecule has 4 aromatic rings. The van der Waals surface area contributed by atoms with Gasteiger partial charge in [-0.15, -0.1) is 11.3 Å². The van der Waals surface area contributed by atoms with Gasteiger partial charge in [0.15, 0.2) is 5.78 Å². The van der Waals surface area contributed by atoms with Gasteiger partial charge < -0.3 is 25.8 Å². The molecule has 0 radical (unpaired) electrons. The first-order chi connectivity index (χ1) is 18.2. The van der Waals surface area contributed by atoms with Crippen LogP contribution in [-0.4, -0.2) is 47.8 Å². The lowest BCUT2D eigenvalue weighted by molar-refractivity contribution is -0.384. The summed E-state index contributed by atoms with van der Waals surface area (Å²) in [6.45, 7) is 3.98. The quantitative estimate of drug-likeness (QED) is 0.192. The van der Waals surface area contributed by atoms with Gasteiger partial charge in [0, 0.05) is 49.7 Å². The number of nitro groups is 1. The number of nitro benzene ring substituents is 1. The fraction of sp³-hybridized carbons (Fsp3) is 0.192. The van der Waals surface area contributed by atoms with Crippen LogP contribution in [0.5, 0.6) is 0 Å². The number of rotatable bonds is 6. The Balaban J connectivity index is 1.54. The Bertz CT molecular complexity index is 1620. The summed E-state index contributed by atoms with van der Waals surface area (Å²) in [7, 11) is 0. The second-order valence-corrected chi connectivity index (χ2v) is 9.86. The smallest absolute Gasteiger partial charge is 0.271 e. The van der Waals surface area contributed by atoms with Crippen LogP contribution >= 0.6 is 11.3 Å². The zero-order valence-electron chi connectivity index (χ0n) is 20.4. The van der Waals surface area contributed by atoms with Gasteiger partial charge in [-0.3, -0.25) is 24.5 Å². The molecule has 3 heterocycles. The van der Waals surface area contributed by atoms with Gasteiger partial charge in [-0.05, 0) is 25.1 Å². The molecule has 1 fully saturated rings. The minimum Gasteiger partial charge on any atom is -0.397 e. The van der Waals surface area contributed by atoms with E-state index in [0.29, 0.717) is 23.5 Å². The summed E-state index contributed by atoms with van der Waals surface area (Å²) in [4.78, 5) is 56.2. The van der Waals surface area contributed by atoms with Crippen LogP contribution in [0, 0.1) is 10.1 Å². The standard InChI is InChI=1S/C26H24N6O5S/c1-15(33)19-21(27)20-22(29-24(19)34)23(25(35)28-16-6-5-9-18(14-16)32(36)37)38-26(20)31-12-10-30(11-13-31)17-7-3-2-4-8-17/h2-9,14H,10-13,27H2,1H3,(H,28,35)(H,29,34). The second kappa shape index (κ2) is 9.98. The normalized spacial score (nSPS) is 13.5. The molecule has 1 aliphatic heterocycles. The van der Waals surface area contributed by atoms with Gasteiger partial charge in [0.05, 0.1) is 21.5 Å². The molecule has 0 bridgehead atoms. The number of aromatic amines is 1. The summed E-state index contributed by atoms with van der Waals surface area (Å²) in [6, 6.07) is 15.6. The van der Waals surface area contributed by atoms with Crippen LogP contribution in [0.3, 0.4) is 0 Å². The summed E-state index contributed by atoms with van der Waals surface area (Å²) in [6.07, 6.45) is 0. The number of para-hydroxylation sites is 1. The number of aromatic nitrogens is 1. The van der Waals surface area contributed by atoms with E-state index in [4.69, 9.17) is 5.73 Å². The van der Waals surface area contributed by atoms with Gasteiger partial charge in [-0.1, -0.05) is 24.3 Å².